The van der Waals surface area contributed by atoms with Crippen molar-refractivity contribution < 1.29 is 0 Å². The van der Waals surface area contributed by atoms with E-state index in [-0.39, 0.29) is 0 Å². The largest absolute Gasteiger partial charge is 0.123 e. The summed E-state index contributed by atoms with van der Waals surface area (Å²) in [6, 6.07) is 0. The van der Waals surface area contributed by atoms with Crippen molar-refractivity contribution in [2.45, 2.75) is 65.2 Å². The number of halogens is 1. The van der Waals surface area contributed by atoms with E-state index in [0.717, 1.165) is 11.8 Å². The molecular weight excluding hydrogens is 180 g/mol. The maximum atomic E-state index is 6.17. The van der Waals surface area contributed by atoms with Crippen LogP contribution in [0.25, 0.3) is 0 Å². The highest BCUT2D eigenvalue weighted by atomic mass is 35.5. The van der Waals surface area contributed by atoms with E-state index in [9.17, 15) is 0 Å². The SMILES string of the molecule is CCCCCC(CC(C)C)C(C)Cl. The molecule has 0 amide bonds. The summed E-state index contributed by atoms with van der Waals surface area (Å²) < 4.78 is 0. The maximum Gasteiger partial charge on any atom is 0.0336 e. The first-order chi connectivity index (χ1) is 6.07. The third-order valence-electron chi connectivity index (χ3n) is 2.60. The lowest BCUT2D eigenvalue weighted by Crippen LogP contribution is -2.14. The highest BCUT2D eigenvalue weighted by Crippen LogP contribution is 2.25. The molecule has 0 heterocycles. The molecule has 80 valence electrons. The van der Waals surface area contributed by atoms with Gasteiger partial charge in [-0.1, -0.05) is 40.0 Å². The van der Waals surface area contributed by atoms with Gasteiger partial charge in [-0.15, -0.1) is 11.6 Å². The molecule has 13 heavy (non-hydrogen) atoms. The molecule has 2 atom stereocenters. The number of hydrogen-bond donors (Lipinski definition) is 0. The molecule has 0 fully saturated rings. The van der Waals surface area contributed by atoms with Gasteiger partial charge >= 0.3 is 0 Å². The summed E-state index contributed by atoms with van der Waals surface area (Å²) in [5.41, 5.74) is 0. The molecule has 0 bridgehead atoms. The highest BCUT2D eigenvalue weighted by molar-refractivity contribution is 6.20. The summed E-state index contributed by atoms with van der Waals surface area (Å²) in [5, 5.41) is 0.347. The molecule has 0 aliphatic carbocycles. The predicted octanol–water partition coefficient (Wildman–Crippen LogP) is 4.86. The fraction of sp³-hybridized carbons (Fsp3) is 1.00. The summed E-state index contributed by atoms with van der Waals surface area (Å²) >= 11 is 6.17. The first kappa shape index (κ1) is 13.3. The Hall–Kier alpha value is 0.290. The second kappa shape index (κ2) is 7.67. The minimum Gasteiger partial charge on any atom is -0.123 e. The number of alkyl halides is 1. The molecule has 0 N–H and O–H groups in total. The van der Waals surface area contributed by atoms with Gasteiger partial charge in [0.15, 0.2) is 0 Å². The van der Waals surface area contributed by atoms with Gasteiger partial charge in [0.1, 0.15) is 0 Å². The normalized spacial score (nSPS) is 16.2. The fourth-order valence-corrected chi connectivity index (χ4v) is 2.03. The molecule has 0 aliphatic heterocycles. The van der Waals surface area contributed by atoms with Crippen LogP contribution in [0.1, 0.15) is 59.8 Å². The van der Waals surface area contributed by atoms with Crippen molar-refractivity contribution in [3.8, 4) is 0 Å². The maximum absolute atomic E-state index is 6.17. The zero-order valence-electron chi connectivity index (χ0n) is 9.65. The van der Waals surface area contributed by atoms with E-state index in [4.69, 9.17) is 11.6 Å². The minimum atomic E-state index is 0.347. The van der Waals surface area contributed by atoms with Crippen LogP contribution in [0.3, 0.4) is 0 Å². The third kappa shape index (κ3) is 7.37. The smallest absolute Gasteiger partial charge is 0.0336 e. The Labute approximate surface area is 89.1 Å². The van der Waals surface area contributed by atoms with E-state index in [1.165, 1.54) is 32.1 Å². The van der Waals surface area contributed by atoms with Crippen LogP contribution in [-0.2, 0) is 0 Å². The average Bonchev–Trinajstić information content (AvgIpc) is 2.02. The zero-order chi connectivity index (χ0) is 10.3. The van der Waals surface area contributed by atoms with Gasteiger partial charge < -0.3 is 0 Å². The molecule has 0 spiro atoms. The van der Waals surface area contributed by atoms with Crippen LogP contribution in [0, 0.1) is 11.8 Å². The molecule has 0 aromatic rings. The predicted molar refractivity (Wildman–Crippen MR) is 62.4 cm³/mol. The minimum absolute atomic E-state index is 0.347. The summed E-state index contributed by atoms with van der Waals surface area (Å²) in [6.07, 6.45) is 6.62. The van der Waals surface area contributed by atoms with Crippen LogP contribution >= 0.6 is 11.6 Å². The Morgan fingerprint density at radius 2 is 1.69 bits per heavy atom. The van der Waals surface area contributed by atoms with Crippen LogP contribution in [0.2, 0.25) is 0 Å². The molecule has 0 rings (SSSR count). The lowest BCUT2D eigenvalue weighted by molar-refractivity contribution is 0.368. The molecule has 0 radical (unpaired) electrons. The van der Waals surface area contributed by atoms with Crippen LogP contribution < -0.4 is 0 Å². The van der Waals surface area contributed by atoms with Crippen molar-refractivity contribution in [2.75, 3.05) is 0 Å². The van der Waals surface area contributed by atoms with Gasteiger partial charge in [0.05, 0.1) is 0 Å². The van der Waals surface area contributed by atoms with Crippen LogP contribution in [0.15, 0.2) is 0 Å². The number of rotatable bonds is 7. The van der Waals surface area contributed by atoms with Crippen LogP contribution in [0.5, 0.6) is 0 Å². The van der Waals surface area contributed by atoms with Gasteiger partial charge in [-0.25, -0.2) is 0 Å². The van der Waals surface area contributed by atoms with Crippen molar-refractivity contribution in [2.24, 2.45) is 11.8 Å². The van der Waals surface area contributed by atoms with Crippen LogP contribution in [0.4, 0.5) is 0 Å². The zero-order valence-corrected chi connectivity index (χ0v) is 10.4. The van der Waals surface area contributed by atoms with Gasteiger partial charge in [-0.2, -0.15) is 0 Å². The van der Waals surface area contributed by atoms with E-state index < -0.39 is 0 Å². The van der Waals surface area contributed by atoms with Gasteiger partial charge in [0.2, 0.25) is 0 Å². The number of hydrogen-bond acceptors (Lipinski definition) is 0. The van der Waals surface area contributed by atoms with Gasteiger partial charge in [-0.05, 0) is 31.6 Å². The Balaban J connectivity index is 3.67. The Morgan fingerprint density at radius 1 is 1.08 bits per heavy atom. The third-order valence-corrected chi connectivity index (χ3v) is 2.96. The first-order valence-corrected chi connectivity index (χ1v) is 6.15. The molecule has 0 aromatic heterocycles. The summed E-state index contributed by atoms with van der Waals surface area (Å²) in [7, 11) is 0. The average molecular weight is 205 g/mol. The van der Waals surface area contributed by atoms with Gasteiger partial charge in [0, 0.05) is 5.38 Å². The Bertz CT molecular complexity index is 108. The molecule has 2 unspecified atom stereocenters. The molecule has 1 heteroatoms. The Morgan fingerprint density at radius 3 is 2.08 bits per heavy atom. The van der Waals surface area contributed by atoms with Crippen molar-refractivity contribution in [3.63, 3.8) is 0 Å². The number of unbranched alkanes of at least 4 members (excludes halogenated alkanes) is 2. The van der Waals surface area contributed by atoms with Crippen molar-refractivity contribution in [1.29, 1.82) is 0 Å². The standard InChI is InChI=1S/C12H25Cl/c1-5-6-7-8-12(11(4)13)9-10(2)3/h10-12H,5-9H2,1-4H3. The lowest BCUT2D eigenvalue weighted by atomic mass is 9.90. The van der Waals surface area contributed by atoms with E-state index in [1.807, 2.05) is 0 Å². The molecule has 0 saturated heterocycles. The second-order valence-electron chi connectivity index (χ2n) is 4.56. The second-order valence-corrected chi connectivity index (χ2v) is 5.25. The molecule has 0 nitrogen and oxygen atoms in total. The fourth-order valence-electron chi connectivity index (χ4n) is 1.80. The van der Waals surface area contributed by atoms with Crippen molar-refractivity contribution >= 4 is 11.6 Å². The monoisotopic (exact) mass is 204 g/mol. The van der Waals surface area contributed by atoms with E-state index >= 15 is 0 Å². The van der Waals surface area contributed by atoms with Gasteiger partial charge in [0.25, 0.3) is 0 Å². The van der Waals surface area contributed by atoms with E-state index in [2.05, 4.69) is 27.7 Å². The van der Waals surface area contributed by atoms with E-state index in [1.54, 1.807) is 0 Å². The summed E-state index contributed by atoms with van der Waals surface area (Å²) in [5.74, 6) is 1.51. The lowest BCUT2D eigenvalue weighted by Gasteiger charge is -2.21. The van der Waals surface area contributed by atoms with E-state index in [0.29, 0.717) is 5.38 Å². The first-order valence-electron chi connectivity index (χ1n) is 5.72. The quantitative estimate of drug-likeness (QED) is 0.411. The molecule has 0 aliphatic rings. The van der Waals surface area contributed by atoms with Crippen LogP contribution in [-0.4, -0.2) is 5.38 Å². The molecule has 0 aromatic carbocycles. The summed E-state index contributed by atoms with van der Waals surface area (Å²) in [4.78, 5) is 0. The van der Waals surface area contributed by atoms with Gasteiger partial charge in [-0.3, -0.25) is 0 Å². The van der Waals surface area contributed by atoms with Crippen molar-refractivity contribution in [1.82, 2.24) is 0 Å². The topological polar surface area (TPSA) is 0 Å². The Kier molecular flexibility index (Phi) is 7.84. The summed E-state index contributed by atoms with van der Waals surface area (Å²) in [6.45, 7) is 8.96. The van der Waals surface area contributed by atoms with Crippen molar-refractivity contribution in [3.05, 3.63) is 0 Å². The highest BCUT2D eigenvalue weighted by Gasteiger charge is 2.15. The molecule has 0 saturated carbocycles. The molecular formula is C12H25Cl.